The highest BCUT2D eigenvalue weighted by atomic mass is 32.2. The third-order valence-electron chi connectivity index (χ3n) is 6.01. The number of hydrogen-bond donors (Lipinski definition) is 1. The average molecular weight is 467 g/mol. The Bertz CT molecular complexity index is 1260. The highest BCUT2D eigenvalue weighted by molar-refractivity contribution is 7.92. The van der Waals surface area contributed by atoms with E-state index in [-0.39, 0.29) is 10.9 Å². The first-order valence-electron chi connectivity index (χ1n) is 11.0. The molecule has 3 aromatic rings. The first-order valence-corrected chi connectivity index (χ1v) is 12.4. The van der Waals surface area contributed by atoms with E-state index in [2.05, 4.69) is 17.4 Å². The van der Waals surface area contributed by atoms with E-state index in [1.54, 1.807) is 24.3 Å². The predicted octanol–water partition coefficient (Wildman–Crippen LogP) is 4.70. The van der Waals surface area contributed by atoms with Crippen LogP contribution in [0.2, 0.25) is 0 Å². The van der Waals surface area contributed by atoms with Gasteiger partial charge in [0.2, 0.25) is 5.91 Å². The summed E-state index contributed by atoms with van der Waals surface area (Å²) in [5.41, 5.74) is 4.99. The van der Waals surface area contributed by atoms with E-state index in [0.717, 1.165) is 46.8 Å². The normalized spacial score (nSPS) is 13.9. The van der Waals surface area contributed by atoms with Gasteiger partial charge in [0.15, 0.2) is 0 Å². The number of amides is 1. The highest BCUT2D eigenvalue weighted by Gasteiger charge is 2.28. The van der Waals surface area contributed by atoms with E-state index in [9.17, 15) is 17.6 Å². The molecular formula is C26H27FN2O3S. The zero-order valence-corrected chi connectivity index (χ0v) is 19.5. The summed E-state index contributed by atoms with van der Waals surface area (Å²) < 4.78 is 41.2. The van der Waals surface area contributed by atoms with Gasteiger partial charge in [0.25, 0.3) is 10.0 Å². The molecule has 1 N–H and O–H groups in total. The second-order valence-electron chi connectivity index (χ2n) is 8.47. The Morgan fingerprint density at radius 3 is 2.36 bits per heavy atom. The molecule has 0 spiro atoms. The summed E-state index contributed by atoms with van der Waals surface area (Å²) >= 11 is 0. The van der Waals surface area contributed by atoms with Gasteiger partial charge in [-0.1, -0.05) is 35.9 Å². The molecule has 3 aromatic carbocycles. The standard InChI is InChI=1S/C26H27FN2O3S/c1-18-6-12-24(13-7-18)29(33(31,32)25-14-10-23(27)11-15-25)17-26(30)28-19(2)21-9-8-20-4-3-5-22(20)16-21/h6-16,19H,3-5,17H2,1-2H3,(H,28,30). The maximum atomic E-state index is 13.4. The minimum Gasteiger partial charge on any atom is -0.348 e. The number of hydrogen-bond acceptors (Lipinski definition) is 3. The Hall–Kier alpha value is -3.19. The SMILES string of the molecule is Cc1ccc(N(CC(=O)NC(C)c2ccc3c(c2)CCC3)S(=O)(=O)c2ccc(F)cc2)cc1. The van der Waals surface area contributed by atoms with Gasteiger partial charge in [0.1, 0.15) is 12.4 Å². The van der Waals surface area contributed by atoms with Crippen molar-refractivity contribution in [3.8, 4) is 0 Å². The molecule has 0 bridgehead atoms. The van der Waals surface area contributed by atoms with E-state index >= 15 is 0 Å². The maximum Gasteiger partial charge on any atom is 0.264 e. The highest BCUT2D eigenvalue weighted by Crippen LogP contribution is 2.26. The van der Waals surface area contributed by atoms with E-state index < -0.39 is 28.3 Å². The van der Waals surface area contributed by atoms with Crippen molar-refractivity contribution in [1.29, 1.82) is 0 Å². The van der Waals surface area contributed by atoms with Gasteiger partial charge in [-0.15, -0.1) is 0 Å². The molecule has 33 heavy (non-hydrogen) atoms. The number of sulfonamides is 1. The molecule has 0 radical (unpaired) electrons. The third-order valence-corrected chi connectivity index (χ3v) is 7.80. The minimum absolute atomic E-state index is 0.0797. The van der Waals surface area contributed by atoms with Crippen LogP contribution in [-0.4, -0.2) is 20.9 Å². The summed E-state index contributed by atoms with van der Waals surface area (Å²) in [4.78, 5) is 12.9. The number of anilines is 1. The number of rotatable bonds is 7. The summed E-state index contributed by atoms with van der Waals surface area (Å²) in [5.74, 6) is -0.953. The number of aryl methyl sites for hydroxylation is 3. The maximum absolute atomic E-state index is 13.4. The van der Waals surface area contributed by atoms with Crippen molar-refractivity contribution in [2.24, 2.45) is 0 Å². The molecule has 1 unspecified atom stereocenters. The van der Waals surface area contributed by atoms with Crippen molar-refractivity contribution in [3.63, 3.8) is 0 Å². The quantitative estimate of drug-likeness (QED) is 0.549. The van der Waals surface area contributed by atoms with E-state index in [1.165, 1.54) is 23.3 Å². The van der Waals surface area contributed by atoms with Crippen LogP contribution in [0.1, 0.15) is 41.6 Å². The summed E-state index contributed by atoms with van der Waals surface area (Å²) in [7, 11) is -4.08. The van der Waals surface area contributed by atoms with Crippen LogP contribution in [0.5, 0.6) is 0 Å². The van der Waals surface area contributed by atoms with Crippen molar-refractivity contribution in [3.05, 3.63) is 94.8 Å². The molecule has 1 aliphatic carbocycles. The van der Waals surface area contributed by atoms with Gasteiger partial charge in [-0.2, -0.15) is 0 Å². The second-order valence-corrected chi connectivity index (χ2v) is 10.3. The van der Waals surface area contributed by atoms with Gasteiger partial charge in [0, 0.05) is 0 Å². The van der Waals surface area contributed by atoms with Crippen molar-refractivity contribution in [1.82, 2.24) is 5.32 Å². The second kappa shape index (κ2) is 9.35. The zero-order valence-electron chi connectivity index (χ0n) is 18.7. The Balaban J connectivity index is 1.57. The van der Waals surface area contributed by atoms with Crippen LogP contribution in [0.3, 0.4) is 0 Å². The van der Waals surface area contributed by atoms with Crippen LogP contribution in [0.4, 0.5) is 10.1 Å². The van der Waals surface area contributed by atoms with Crippen LogP contribution >= 0.6 is 0 Å². The Morgan fingerprint density at radius 1 is 1.00 bits per heavy atom. The van der Waals surface area contributed by atoms with Crippen molar-refractivity contribution < 1.29 is 17.6 Å². The van der Waals surface area contributed by atoms with E-state index in [0.29, 0.717) is 5.69 Å². The third kappa shape index (κ3) is 5.09. The molecule has 0 fully saturated rings. The molecule has 0 aromatic heterocycles. The fraction of sp³-hybridized carbons (Fsp3) is 0.269. The lowest BCUT2D eigenvalue weighted by Gasteiger charge is -2.25. The number of carbonyl (C=O) groups is 1. The summed E-state index contributed by atoms with van der Waals surface area (Å²) in [6.07, 6.45) is 3.27. The molecule has 4 rings (SSSR count). The lowest BCUT2D eigenvalue weighted by Crippen LogP contribution is -2.41. The van der Waals surface area contributed by atoms with E-state index in [1.807, 2.05) is 19.9 Å². The molecular weight excluding hydrogens is 439 g/mol. The molecule has 1 atom stereocenters. The smallest absolute Gasteiger partial charge is 0.264 e. The van der Waals surface area contributed by atoms with Gasteiger partial charge in [-0.3, -0.25) is 9.10 Å². The Kier molecular flexibility index (Phi) is 6.51. The topological polar surface area (TPSA) is 66.5 Å². The molecule has 0 heterocycles. The summed E-state index contributed by atoms with van der Waals surface area (Å²) in [6, 6.07) is 17.5. The fourth-order valence-corrected chi connectivity index (χ4v) is 5.54. The Labute approximate surface area is 194 Å². The number of halogens is 1. The van der Waals surface area contributed by atoms with Crippen molar-refractivity contribution in [2.75, 3.05) is 10.8 Å². The van der Waals surface area contributed by atoms with Crippen molar-refractivity contribution >= 4 is 21.6 Å². The largest absolute Gasteiger partial charge is 0.348 e. The Morgan fingerprint density at radius 2 is 1.67 bits per heavy atom. The van der Waals surface area contributed by atoms with Gasteiger partial charge >= 0.3 is 0 Å². The van der Waals surface area contributed by atoms with Crippen molar-refractivity contribution in [2.45, 2.75) is 44.0 Å². The summed E-state index contributed by atoms with van der Waals surface area (Å²) in [5, 5.41) is 2.93. The van der Waals surface area contributed by atoms with Gasteiger partial charge in [0.05, 0.1) is 16.6 Å². The first kappa shape index (κ1) is 23.0. The van der Waals surface area contributed by atoms with Crippen LogP contribution in [-0.2, 0) is 27.7 Å². The number of carbonyl (C=O) groups excluding carboxylic acids is 1. The number of fused-ring (bicyclic) bond motifs is 1. The molecule has 7 heteroatoms. The molecule has 0 saturated heterocycles. The minimum atomic E-state index is -4.08. The number of nitrogens with one attached hydrogen (secondary N) is 1. The molecule has 0 saturated carbocycles. The molecule has 5 nitrogen and oxygen atoms in total. The van der Waals surface area contributed by atoms with Gasteiger partial charge in [-0.25, -0.2) is 12.8 Å². The predicted molar refractivity (Wildman–Crippen MR) is 127 cm³/mol. The monoisotopic (exact) mass is 466 g/mol. The molecule has 1 aliphatic rings. The molecule has 0 aliphatic heterocycles. The van der Waals surface area contributed by atoms with Gasteiger partial charge < -0.3 is 5.32 Å². The molecule has 172 valence electrons. The number of benzene rings is 3. The first-order chi connectivity index (χ1) is 15.7. The number of nitrogens with zero attached hydrogens (tertiary/aromatic N) is 1. The van der Waals surface area contributed by atoms with Crippen LogP contribution in [0, 0.1) is 12.7 Å². The van der Waals surface area contributed by atoms with Crippen LogP contribution in [0.15, 0.2) is 71.6 Å². The summed E-state index contributed by atoms with van der Waals surface area (Å²) in [6.45, 7) is 3.39. The van der Waals surface area contributed by atoms with Crippen LogP contribution < -0.4 is 9.62 Å². The molecule has 1 amide bonds. The average Bonchev–Trinajstić information content (AvgIpc) is 3.26. The zero-order chi connectivity index (χ0) is 23.6. The lowest BCUT2D eigenvalue weighted by atomic mass is 10.0. The van der Waals surface area contributed by atoms with Gasteiger partial charge in [-0.05, 0) is 86.2 Å². The van der Waals surface area contributed by atoms with Crippen LogP contribution in [0.25, 0.3) is 0 Å². The fourth-order valence-electron chi connectivity index (χ4n) is 4.12. The van der Waals surface area contributed by atoms with E-state index in [4.69, 9.17) is 0 Å². The lowest BCUT2D eigenvalue weighted by molar-refractivity contribution is -0.120.